The summed E-state index contributed by atoms with van der Waals surface area (Å²) in [4.78, 5) is 24.3. The molecule has 0 saturated carbocycles. The van der Waals surface area contributed by atoms with Crippen LogP contribution in [0.15, 0.2) is 0 Å². The second-order valence-electron chi connectivity index (χ2n) is 4.32. The predicted octanol–water partition coefficient (Wildman–Crippen LogP) is 0.393. The van der Waals surface area contributed by atoms with E-state index in [-0.39, 0.29) is 42.6 Å². The Morgan fingerprint density at radius 2 is 1.82 bits per heavy atom. The number of sulfone groups is 1. The molecule has 1 heterocycles. The van der Waals surface area contributed by atoms with Gasteiger partial charge in [0.15, 0.2) is 9.84 Å². The van der Waals surface area contributed by atoms with Crippen molar-refractivity contribution in [1.29, 1.82) is 0 Å². The first-order valence-corrected chi connectivity index (χ1v) is 7.76. The van der Waals surface area contributed by atoms with Gasteiger partial charge in [-0.15, -0.1) is 0 Å². The summed E-state index contributed by atoms with van der Waals surface area (Å²) in [6.45, 7) is 2.39. The highest BCUT2D eigenvalue weighted by Crippen LogP contribution is 2.09. The van der Waals surface area contributed by atoms with Gasteiger partial charge >= 0.3 is 0 Å². The third-order valence-corrected chi connectivity index (χ3v) is 4.65. The van der Waals surface area contributed by atoms with Crippen molar-refractivity contribution in [3.63, 3.8) is 0 Å². The number of amides is 1. The van der Waals surface area contributed by atoms with E-state index in [1.54, 1.807) is 0 Å². The molecule has 0 unspecified atom stereocenters. The highest BCUT2D eigenvalue weighted by molar-refractivity contribution is 7.91. The van der Waals surface area contributed by atoms with Crippen molar-refractivity contribution in [1.82, 2.24) is 4.90 Å². The van der Waals surface area contributed by atoms with Crippen molar-refractivity contribution in [3.05, 3.63) is 0 Å². The molecule has 98 valence electrons. The highest BCUT2D eigenvalue weighted by Gasteiger charge is 2.22. The van der Waals surface area contributed by atoms with Crippen molar-refractivity contribution in [2.45, 2.75) is 32.6 Å². The lowest BCUT2D eigenvalue weighted by molar-refractivity contribution is -0.130. The maximum Gasteiger partial charge on any atom is 0.223 e. The normalized spacial score (nSPS) is 18.3. The number of hydrogen-bond acceptors (Lipinski definition) is 4. The average Bonchev–Trinajstić information content (AvgIpc) is 2.40. The van der Waals surface area contributed by atoms with Crippen LogP contribution in [0.2, 0.25) is 0 Å². The van der Waals surface area contributed by atoms with Gasteiger partial charge in [-0.05, 0) is 6.42 Å². The van der Waals surface area contributed by atoms with Crippen molar-refractivity contribution in [3.8, 4) is 0 Å². The number of rotatable bonds is 5. The van der Waals surface area contributed by atoms with Crippen LogP contribution in [0.5, 0.6) is 0 Å². The fourth-order valence-electron chi connectivity index (χ4n) is 1.81. The van der Waals surface area contributed by atoms with Gasteiger partial charge in [0.2, 0.25) is 5.91 Å². The molecule has 17 heavy (non-hydrogen) atoms. The van der Waals surface area contributed by atoms with Crippen LogP contribution < -0.4 is 0 Å². The molecule has 0 aromatic rings. The summed E-state index contributed by atoms with van der Waals surface area (Å²) in [5.41, 5.74) is 0. The minimum atomic E-state index is -3.06. The summed E-state index contributed by atoms with van der Waals surface area (Å²) >= 11 is 0. The van der Waals surface area contributed by atoms with Gasteiger partial charge < -0.3 is 4.90 Å². The summed E-state index contributed by atoms with van der Waals surface area (Å²) in [7, 11) is -3.06. The molecule has 0 N–H and O–H groups in total. The van der Waals surface area contributed by atoms with E-state index in [4.69, 9.17) is 0 Å². The first-order chi connectivity index (χ1) is 7.94. The van der Waals surface area contributed by atoms with Crippen LogP contribution in [0.25, 0.3) is 0 Å². The zero-order chi connectivity index (χ0) is 12.9. The Bertz CT molecular complexity index is 388. The monoisotopic (exact) mass is 261 g/mol. The Morgan fingerprint density at radius 3 is 2.47 bits per heavy atom. The van der Waals surface area contributed by atoms with E-state index in [9.17, 15) is 18.0 Å². The molecule has 0 aromatic heterocycles. The molecule has 1 saturated heterocycles. The second-order valence-corrected chi connectivity index (χ2v) is 6.62. The minimum Gasteiger partial charge on any atom is -0.341 e. The summed E-state index contributed by atoms with van der Waals surface area (Å²) in [6.07, 6.45) is 1.44. The molecule has 0 aliphatic carbocycles. The van der Waals surface area contributed by atoms with E-state index in [0.717, 1.165) is 0 Å². The van der Waals surface area contributed by atoms with Crippen LogP contribution in [0.1, 0.15) is 32.6 Å². The van der Waals surface area contributed by atoms with Crippen LogP contribution in [0.4, 0.5) is 0 Å². The van der Waals surface area contributed by atoms with E-state index in [1.807, 2.05) is 6.92 Å². The quantitative estimate of drug-likeness (QED) is 0.718. The SMILES string of the molecule is CCCS(=O)(=O)CCN1CCC(=O)CCC1=O. The average molecular weight is 261 g/mol. The third kappa shape index (κ3) is 4.85. The molecule has 1 aliphatic heterocycles. The fraction of sp³-hybridized carbons (Fsp3) is 0.818. The van der Waals surface area contributed by atoms with Crippen molar-refractivity contribution in [2.75, 3.05) is 24.6 Å². The van der Waals surface area contributed by atoms with Gasteiger partial charge in [0.05, 0.1) is 5.75 Å². The molecule has 1 rings (SSSR count). The zero-order valence-electron chi connectivity index (χ0n) is 10.1. The molecular weight excluding hydrogens is 242 g/mol. The molecule has 6 heteroatoms. The van der Waals surface area contributed by atoms with Crippen molar-refractivity contribution in [2.24, 2.45) is 0 Å². The van der Waals surface area contributed by atoms with Gasteiger partial charge in [0.25, 0.3) is 0 Å². The standard InChI is InChI=1S/C11H19NO4S/c1-2-8-17(15,16)9-7-12-6-5-10(13)3-4-11(12)14/h2-9H2,1H3. The smallest absolute Gasteiger partial charge is 0.223 e. The summed E-state index contributed by atoms with van der Waals surface area (Å²) in [5, 5.41) is 0. The van der Waals surface area contributed by atoms with Gasteiger partial charge in [-0.3, -0.25) is 9.59 Å². The largest absolute Gasteiger partial charge is 0.341 e. The summed E-state index contributed by atoms with van der Waals surface area (Å²) in [6, 6.07) is 0. The Balaban J connectivity index is 2.50. The topological polar surface area (TPSA) is 71.5 Å². The maximum absolute atomic E-state index is 11.6. The lowest BCUT2D eigenvalue weighted by Gasteiger charge is -2.19. The number of carbonyl (C=O) groups is 2. The zero-order valence-corrected chi connectivity index (χ0v) is 11.0. The van der Waals surface area contributed by atoms with Crippen molar-refractivity contribution < 1.29 is 18.0 Å². The first-order valence-electron chi connectivity index (χ1n) is 5.94. The van der Waals surface area contributed by atoms with Crippen LogP contribution in [0, 0.1) is 0 Å². The Kier molecular flexibility index (Phi) is 5.11. The number of likely N-dealkylation sites (tertiary alicyclic amines) is 1. The van der Waals surface area contributed by atoms with E-state index >= 15 is 0 Å². The Hall–Kier alpha value is -0.910. The Labute approximate surface area is 102 Å². The van der Waals surface area contributed by atoms with Gasteiger partial charge in [-0.2, -0.15) is 0 Å². The van der Waals surface area contributed by atoms with E-state index in [0.29, 0.717) is 19.4 Å². The molecule has 0 atom stereocenters. The van der Waals surface area contributed by atoms with E-state index in [2.05, 4.69) is 0 Å². The Morgan fingerprint density at radius 1 is 1.12 bits per heavy atom. The van der Waals surface area contributed by atoms with Gasteiger partial charge in [0.1, 0.15) is 5.78 Å². The lowest BCUT2D eigenvalue weighted by Crippen LogP contribution is -2.35. The predicted molar refractivity (Wildman–Crippen MR) is 64.4 cm³/mol. The number of nitrogens with zero attached hydrogens (tertiary/aromatic N) is 1. The molecule has 1 fully saturated rings. The van der Waals surface area contributed by atoms with Gasteiger partial charge in [-0.1, -0.05) is 6.92 Å². The second kappa shape index (κ2) is 6.14. The molecule has 0 aromatic carbocycles. The molecule has 0 bridgehead atoms. The number of hydrogen-bond donors (Lipinski definition) is 0. The number of ketones is 1. The maximum atomic E-state index is 11.6. The first kappa shape index (κ1) is 14.2. The third-order valence-electron chi connectivity index (χ3n) is 2.82. The van der Waals surface area contributed by atoms with Crippen LogP contribution in [0.3, 0.4) is 0 Å². The minimum absolute atomic E-state index is 0.000764. The summed E-state index contributed by atoms with van der Waals surface area (Å²) < 4.78 is 23.1. The van der Waals surface area contributed by atoms with Crippen molar-refractivity contribution >= 4 is 21.5 Å². The molecule has 1 aliphatic rings. The summed E-state index contributed by atoms with van der Waals surface area (Å²) in [5.74, 6) is 0.133. The molecule has 0 spiro atoms. The number of carbonyl (C=O) groups excluding carboxylic acids is 2. The molecular formula is C11H19NO4S. The molecule has 1 amide bonds. The van der Waals surface area contributed by atoms with Crippen LogP contribution >= 0.6 is 0 Å². The van der Waals surface area contributed by atoms with Crippen LogP contribution in [-0.4, -0.2) is 49.6 Å². The van der Waals surface area contributed by atoms with E-state index < -0.39 is 9.84 Å². The highest BCUT2D eigenvalue weighted by atomic mass is 32.2. The lowest BCUT2D eigenvalue weighted by atomic mass is 10.2. The molecule has 5 nitrogen and oxygen atoms in total. The molecule has 0 radical (unpaired) electrons. The van der Waals surface area contributed by atoms with E-state index in [1.165, 1.54) is 4.90 Å². The van der Waals surface area contributed by atoms with Crippen LogP contribution in [-0.2, 0) is 19.4 Å². The van der Waals surface area contributed by atoms with Gasteiger partial charge in [0, 0.05) is 38.1 Å². The fourth-order valence-corrected chi connectivity index (χ4v) is 3.14. The number of Topliss-reactive ketones (excluding diaryl/α,β-unsaturated/α-hetero) is 1. The van der Waals surface area contributed by atoms with Gasteiger partial charge in [-0.25, -0.2) is 8.42 Å².